The third kappa shape index (κ3) is 4.17. The molecule has 7 heteroatoms. The Hall–Kier alpha value is 0.800. The van der Waals surface area contributed by atoms with Gasteiger partial charge in [0, 0.05) is 43.4 Å². The van der Waals surface area contributed by atoms with Gasteiger partial charge in [0.15, 0.2) is 0 Å². The van der Waals surface area contributed by atoms with E-state index in [-0.39, 0.29) is 12.5 Å². The molecule has 1 aromatic rings. The Bertz CT molecular complexity index is 503. The summed E-state index contributed by atoms with van der Waals surface area (Å²) >= 11 is 6.77. The molecule has 0 unspecified atom stereocenters. The summed E-state index contributed by atoms with van der Waals surface area (Å²) in [5, 5.41) is 8.94. The van der Waals surface area contributed by atoms with Crippen molar-refractivity contribution >= 4 is 73.7 Å². The van der Waals surface area contributed by atoms with E-state index in [0.29, 0.717) is 6.54 Å². The van der Waals surface area contributed by atoms with Crippen molar-refractivity contribution in [2.24, 2.45) is 0 Å². The van der Waals surface area contributed by atoms with Gasteiger partial charge in [0.05, 0.1) is 12.2 Å². The number of rotatable bonds is 3. The van der Waals surface area contributed by atoms with Crippen LogP contribution in [0.3, 0.4) is 0 Å². The van der Waals surface area contributed by atoms with Crippen LogP contribution in [0.4, 0.5) is 0 Å². The second-order valence-corrected chi connectivity index (χ2v) is 8.09. The van der Waals surface area contributed by atoms with Crippen molar-refractivity contribution in [3.8, 4) is 0 Å². The van der Waals surface area contributed by atoms with Gasteiger partial charge in [0.1, 0.15) is 0 Å². The topological polar surface area (TPSA) is 43.8 Å². The van der Waals surface area contributed by atoms with E-state index in [2.05, 4.69) is 78.7 Å². The molecule has 0 aromatic heterocycles. The van der Waals surface area contributed by atoms with Gasteiger partial charge in [-0.3, -0.25) is 9.69 Å². The van der Waals surface area contributed by atoms with Crippen LogP contribution in [-0.2, 0) is 0 Å². The lowest BCUT2D eigenvalue weighted by molar-refractivity contribution is 0.0614. The number of nitrogens with zero attached hydrogens (tertiary/aromatic N) is 2. The van der Waals surface area contributed by atoms with Crippen molar-refractivity contribution in [2.75, 3.05) is 39.3 Å². The molecule has 4 nitrogen and oxygen atoms in total. The van der Waals surface area contributed by atoms with Gasteiger partial charge in [0.25, 0.3) is 5.91 Å². The smallest absolute Gasteiger partial charge is 0.255 e. The maximum Gasteiger partial charge on any atom is 0.255 e. The highest BCUT2D eigenvalue weighted by Crippen LogP contribution is 2.24. The van der Waals surface area contributed by atoms with E-state index in [1.165, 1.54) is 0 Å². The van der Waals surface area contributed by atoms with E-state index in [1.54, 1.807) is 0 Å². The number of piperazine rings is 1. The zero-order chi connectivity index (χ0) is 14.7. The number of hydrogen-bond acceptors (Lipinski definition) is 3. The highest BCUT2D eigenvalue weighted by atomic mass is 127. The fourth-order valence-corrected chi connectivity index (χ4v) is 4.58. The monoisotopic (exact) mass is 612 g/mol. The van der Waals surface area contributed by atoms with Gasteiger partial charge in [-0.1, -0.05) is 0 Å². The molecule has 0 saturated carbocycles. The zero-order valence-corrected chi connectivity index (χ0v) is 17.3. The number of benzene rings is 1. The molecule has 0 atom stereocenters. The second kappa shape index (κ2) is 7.88. The van der Waals surface area contributed by atoms with Crippen LogP contribution in [0.2, 0.25) is 0 Å². The van der Waals surface area contributed by atoms with Gasteiger partial charge in [-0.2, -0.15) is 0 Å². The maximum absolute atomic E-state index is 12.6. The van der Waals surface area contributed by atoms with E-state index < -0.39 is 0 Å². The molecular formula is C13H15I3N2O2. The van der Waals surface area contributed by atoms with E-state index in [1.807, 2.05) is 11.0 Å². The van der Waals surface area contributed by atoms with E-state index >= 15 is 0 Å². The van der Waals surface area contributed by atoms with E-state index in [0.717, 1.165) is 42.5 Å². The number of amides is 1. The first-order valence-corrected chi connectivity index (χ1v) is 9.53. The summed E-state index contributed by atoms with van der Waals surface area (Å²) in [5.41, 5.74) is 0.803. The second-order valence-electron chi connectivity index (χ2n) is 4.61. The van der Waals surface area contributed by atoms with Gasteiger partial charge in [-0.15, -0.1) is 0 Å². The average Bonchev–Trinajstić information content (AvgIpc) is 2.43. The number of halogens is 3. The molecule has 0 bridgehead atoms. The molecule has 1 N–H and O–H groups in total. The van der Waals surface area contributed by atoms with Crippen molar-refractivity contribution in [1.29, 1.82) is 0 Å². The van der Waals surface area contributed by atoms with Gasteiger partial charge in [-0.25, -0.2) is 0 Å². The fourth-order valence-electron chi connectivity index (χ4n) is 2.20. The average molecular weight is 612 g/mol. The molecule has 0 radical (unpaired) electrons. The van der Waals surface area contributed by atoms with Crippen LogP contribution in [0.1, 0.15) is 10.4 Å². The van der Waals surface area contributed by atoms with E-state index in [9.17, 15) is 4.79 Å². The number of aliphatic hydroxyl groups is 1. The summed E-state index contributed by atoms with van der Waals surface area (Å²) in [7, 11) is 0. The van der Waals surface area contributed by atoms with Crippen molar-refractivity contribution in [2.45, 2.75) is 0 Å². The molecule has 2 rings (SSSR count). The number of carbonyl (C=O) groups excluding carboxylic acids is 1. The van der Waals surface area contributed by atoms with Crippen molar-refractivity contribution in [3.05, 3.63) is 28.4 Å². The Kier molecular flexibility index (Phi) is 6.76. The summed E-state index contributed by atoms with van der Waals surface area (Å²) in [4.78, 5) is 16.7. The third-order valence-electron chi connectivity index (χ3n) is 3.30. The Morgan fingerprint density at radius 3 is 2.40 bits per heavy atom. The Morgan fingerprint density at radius 1 is 1.15 bits per heavy atom. The molecule has 1 aliphatic heterocycles. The number of hydrogen-bond donors (Lipinski definition) is 1. The lowest BCUT2D eigenvalue weighted by atomic mass is 10.2. The van der Waals surface area contributed by atoms with Crippen molar-refractivity contribution in [3.63, 3.8) is 0 Å². The quantitative estimate of drug-likeness (QED) is 0.422. The molecule has 110 valence electrons. The normalized spacial score (nSPS) is 16.5. The molecule has 1 amide bonds. The minimum Gasteiger partial charge on any atom is -0.395 e. The summed E-state index contributed by atoms with van der Waals surface area (Å²) in [6.07, 6.45) is 0. The highest BCUT2D eigenvalue weighted by Gasteiger charge is 2.24. The molecule has 0 spiro atoms. The molecule has 20 heavy (non-hydrogen) atoms. The van der Waals surface area contributed by atoms with Crippen molar-refractivity contribution < 1.29 is 9.90 Å². The predicted molar refractivity (Wildman–Crippen MR) is 104 cm³/mol. The van der Waals surface area contributed by atoms with Crippen LogP contribution >= 0.6 is 67.8 Å². The summed E-state index contributed by atoms with van der Waals surface area (Å²) < 4.78 is 3.25. The first-order chi connectivity index (χ1) is 9.52. The summed E-state index contributed by atoms with van der Waals surface area (Å²) in [6.45, 7) is 4.02. The lowest BCUT2D eigenvalue weighted by Crippen LogP contribution is -2.49. The highest BCUT2D eigenvalue weighted by molar-refractivity contribution is 14.1. The molecule has 1 fully saturated rings. The van der Waals surface area contributed by atoms with Crippen LogP contribution in [0.15, 0.2) is 12.1 Å². The Balaban J connectivity index is 2.09. The molecule has 1 aliphatic rings. The molecule has 1 saturated heterocycles. The first-order valence-electron chi connectivity index (χ1n) is 6.30. The maximum atomic E-state index is 12.6. The van der Waals surface area contributed by atoms with Gasteiger partial charge in [-0.05, 0) is 79.9 Å². The SMILES string of the molecule is O=C(c1cc(I)cc(I)c1I)N1CCN(CCO)CC1. The van der Waals surface area contributed by atoms with Crippen molar-refractivity contribution in [1.82, 2.24) is 9.80 Å². The Labute approximate surface area is 159 Å². The minimum absolute atomic E-state index is 0.120. The summed E-state index contributed by atoms with van der Waals surface area (Å²) in [5.74, 6) is 0.120. The fraction of sp³-hybridized carbons (Fsp3) is 0.462. The van der Waals surface area contributed by atoms with Crippen LogP contribution in [0.5, 0.6) is 0 Å². The third-order valence-corrected chi connectivity index (χ3v) is 6.97. The van der Waals surface area contributed by atoms with E-state index in [4.69, 9.17) is 5.11 Å². The number of β-amino-alcohol motifs (C(OH)–C–C–N with tert-alkyl or cyclic N) is 1. The van der Waals surface area contributed by atoms with Gasteiger partial charge >= 0.3 is 0 Å². The molecular weight excluding hydrogens is 597 g/mol. The lowest BCUT2D eigenvalue weighted by Gasteiger charge is -2.34. The largest absolute Gasteiger partial charge is 0.395 e. The van der Waals surface area contributed by atoms with Crippen LogP contribution < -0.4 is 0 Å². The molecule has 1 aromatic carbocycles. The number of carbonyl (C=O) groups is 1. The van der Waals surface area contributed by atoms with Crippen LogP contribution in [0, 0.1) is 10.7 Å². The van der Waals surface area contributed by atoms with Gasteiger partial charge in [0.2, 0.25) is 0 Å². The number of aliphatic hydroxyl groups excluding tert-OH is 1. The van der Waals surface area contributed by atoms with Gasteiger partial charge < -0.3 is 10.0 Å². The Morgan fingerprint density at radius 2 is 1.80 bits per heavy atom. The first kappa shape index (κ1) is 17.2. The van der Waals surface area contributed by atoms with Crippen LogP contribution in [0.25, 0.3) is 0 Å². The summed E-state index contributed by atoms with van der Waals surface area (Å²) in [6, 6.07) is 4.05. The molecule has 0 aliphatic carbocycles. The standard InChI is InChI=1S/C13H15I3N2O2/c14-9-7-10(12(16)11(15)8-9)13(20)18-3-1-17(2-4-18)5-6-19/h7-8,19H,1-6H2. The molecule has 1 heterocycles. The minimum atomic E-state index is 0.120. The zero-order valence-electron chi connectivity index (χ0n) is 10.8. The predicted octanol–water partition coefficient (Wildman–Crippen LogP) is 2.25. The van der Waals surface area contributed by atoms with Crippen LogP contribution in [-0.4, -0.2) is 60.1 Å².